The van der Waals surface area contributed by atoms with Crippen LogP contribution in [0.1, 0.15) is 12.8 Å². The summed E-state index contributed by atoms with van der Waals surface area (Å²) in [5, 5.41) is 10.3. The summed E-state index contributed by atoms with van der Waals surface area (Å²) in [6.45, 7) is 0.756. The minimum absolute atomic E-state index is 0.444. The van der Waals surface area contributed by atoms with Gasteiger partial charge in [0.1, 0.15) is 11.9 Å². The molecule has 1 aromatic heterocycles. The standard InChI is InChI=1S/C14H13BrN2O2/c15-10-4-5-11-9(8-10)3-6-13(16-11)17-7-1-2-12(17)14(18)19/h3-6,8,12H,1-2,7H2,(H,18,19). The summed E-state index contributed by atoms with van der Waals surface area (Å²) < 4.78 is 1.01. The van der Waals surface area contributed by atoms with E-state index in [0.29, 0.717) is 6.42 Å². The van der Waals surface area contributed by atoms with Gasteiger partial charge in [-0.05, 0) is 43.2 Å². The van der Waals surface area contributed by atoms with Crippen molar-refractivity contribution in [3.63, 3.8) is 0 Å². The maximum atomic E-state index is 11.2. The number of anilines is 1. The third-order valence-corrected chi connectivity index (χ3v) is 3.96. The second kappa shape index (κ2) is 4.81. The third kappa shape index (κ3) is 2.30. The lowest BCUT2D eigenvalue weighted by Crippen LogP contribution is -2.36. The number of fused-ring (bicyclic) bond motifs is 1. The number of benzene rings is 1. The molecule has 0 radical (unpaired) electrons. The van der Waals surface area contributed by atoms with Gasteiger partial charge in [-0.3, -0.25) is 0 Å². The zero-order chi connectivity index (χ0) is 13.4. The summed E-state index contributed by atoms with van der Waals surface area (Å²) >= 11 is 3.43. The van der Waals surface area contributed by atoms with E-state index in [9.17, 15) is 9.90 Å². The summed E-state index contributed by atoms with van der Waals surface area (Å²) in [5.41, 5.74) is 0.886. The highest BCUT2D eigenvalue weighted by Crippen LogP contribution is 2.27. The highest BCUT2D eigenvalue weighted by molar-refractivity contribution is 9.10. The average molecular weight is 321 g/mol. The smallest absolute Gasteiger partial charge is 0.326 e. The molecule has 19 heavy (non-hydrogen) atoms. The predicted molar refractivity (Wildman–Crippen MR) is 77.4 cm³/mol. The Morgan fingerprint density at radius 1 is 1.37 bits per heavy atom. The van der Waals surface area contributed by atoms with Crippen LogP contribution in [0.5, 0.6) is 0 Å². The van der Waals surface area contributed by atoms with Crippen molar-refractivity contribution in [1.82, 2.24) is 4.98 Å². The van der Waals surface area contributed by atoms with Crippen molar-refractivity contribution in [3.8, 4) is 0 Å². The van der Waals surface area contributed by atoms with Crippen molar-refractivity contribution in [3.05, 3.63) is 34.8 Å². The SMILES string of the molecule is O=C(O)C1CCCN1c1ccc2cc(Br)ccc2n1. The van der Waals surface area contributed by atoms with Crippen molar-refractivity contribution in [1.29, 1.82) is 0 Å². The minimum atomic E-state index is -0.768. The van der Waals surface area contributed by atoms with Crippen LogP contribution in [-0.2, 0) is 4.79 Å². The molecule has 0 amide bonds. The number of nitrogens with zero attached hydrogens (tertiary/aromatic N) is 2. The Hall–Kier alpha value is -1.62. The lowest BCUT2D eigenvalue weighted by molar-refractivity contribution is -0.138. The normalized spacial score (nSPS) is 19.0. The van der Waals surface area contributed by atoms with E-state index in [1.165, 1.54) is 0 Å². The summed E-state index contributed by atoms with van der Waals surface area (Å²) in [6.07, 6.45) is 1.59. The zero-order valence-electron chi connectivity index (χ0n) is 10.2. The second-order valence-electron chi connectivity index (χ2n) is 4.70. The van der Waals surface area contributed by atoms with E-state index < -0.39 is 12.0 Å². The first kappa shape index (κ1) is 12.4. The number of carbonyl (C=O) groups is 1. The van der Waals surface area contributed by atoms with E-state index in [1.54, 1.807) is 0 Å². The quantitative estimate of drug-likeness (QED) is 0.924. The monoisotopic (exact) mass is 320 g/mol. The van der Waals surface area contributed by atoms with Gasteiger partial charge in [-0.15, -0.1) is 0 Å². The lowest BCUT2D eigenvalue weighted by atomic mass is 10.2. The molecule has 0 aliphatic carbocycles. The first-order chi connectivity index (χ1) is 9.15. The highest BCUT2D eigenvalue weighted by Gasteiger charge is 2.31. The van der Waals surface area contributed by atoms with E-state index in [1.807, 2.05) is 35.2 Å². The van der Waals surface area contributed by atoms with Crippen LogP contribution in [0.4, 0.5) is 5.82 Å². The molecule has 2 heterocycles. The Labute approximate surface area is 119 Å². The number of hydrogen-bond acceptors (Lipinski definition) is 3. The first-order valence-electron chi connectivity index (χ1n) is 6.21. The van der Waals surface area contributed by atoms with E-state index in [0.717, 1.165) is 34.2 Å². The molecular formula is C14H13BrN2O2. The number of halogens is 1. The number of aromatic nitrogens is 1. The van der Waals surface area contributed by atoms with Crippen LogP contribution in [0.2, 0.25) is 0 Å². The number of carboxylic acid groups (broad SMARTS) is 1. The molecule has 0 bridgehead atoms. The predicted octanol–water partition coefficient (Wildman–Crippen LogP) is 3.05. The Kier molecular flexibility index (Phi) is 3.14. The van der Waals surface area contributed by atoms with Crippen LogP contribution in [0.15, 0.2) is 34.8 Å². The zero-order valence-corrected chi connectivity index (χ0v) is 11.8. The van der Waals surface area contributed by atoms with E-state index >= 15 is 0 Å². The molecule has 1 aliphatic rings. The van der Waals surface area contributed by atoms with Crippen molar-refractivity contribution >= 4 is 38.6 Å². The van der Waals surface area contributed by atoms with E-state index in [4.69, 9.17) is 0 Å². The summed E-state index contributed by atoms with van der Waals surface area (Å²) in [7, 11) is 0. The number of carboxylic acids is 1. The number of pyridine rings is 1. The number of rotatable bonds is 2. The van der Waals surface area contributed by atoms with E-state index in [2.05, 4.69) is 20.9 Å². The highest BCUT2D eigenvalue weighted by atomic mass is 79.9. The van der Waals surface area contributed by atoms with Crippen LogP contribution in [-0.4, -0.2) is 28.6 Å². The van der Waals surface area contributed by atoms with Gasteiger partial charge in [-0.1, -0.05) is 15.9 Å². The Morgan fingerprint density at radius 3 is 3.00 bits per heavy atom. The molecule has 1 aromatic carbocycles. The molecule has 1 aliphatic heterocycles. The van der Waals surface area contributed by atoms with Crippen molar-refractivity contribution in [2.45, 2.75) is 18.9 Å². The van der Waals surface area contributed by atoms with Crippen LogP contribution in [0.25, 0.3) is 10.9 Å². The molecule has 2 aromatic rings. The minimum Gasteiger partial charge on any atom is -0.480 e. The van der Waals surface area contributed by atoms with E-state index in [-0.39, 0.29) is 0 Å². The molecule has 98 valence electrons. The molecule has 3 rings (SSSR count). The third-order valence-electron chi connectivity index (χ3n) is 3.47. The van der Waals surface area contributed by atoms with Gasteiger partial charge < -0.3 is 10.0 Å². The van der Waals surface area contributed by atoms with Crippen molar-refractivity contribution in [2.24, 2.45) is 0 Å². The molecule has 4 nitrogen and oxygen atoms in total. The molecule has 1 N–H and O–H groups in total. The molecule has 1 atom stereocenters. The van der Waals surface area contributed by atoms with Crippen LogP contribution in [0.3, 0.4) is 0 Å². The van der Waals surface area contributed by atoms with Gasteiger partial charge in [0.2, 0.25) is 0 Å². The number of aliphatic carboxylic acids is 1. The Bertz CT molecular complexity index is 644. The van der Waals surface area contributed by atoms with Gasteiger partial charge in [0.15, 0.2) is 0 Å². The van der Waals surface area contributed by atoms with Gasteiger partial charge in [0, 0.05) is 16.4 Å². The van der Waals surface area contributed by atoms with Crippen molar-refractivity contribution in [2.75, 3.05) is 11.4 Å². The number of hydrogen-bond donors (Lipinski definition) is 1. The van der Waals surface area contributed by atoms with Gasteiger partial charge in [-0.2, -0.15) is 0 Å². The fourth-order valence-electron chi connectivity index (χ4n) is 2.54. The topological polar surface area (TPSA) is 53.4 Å². The van der Waals surface area contributed by atoms with Gasteiger partial charge >= 0.3 is 5.97 Å². The molecular weight excluding hydrogens is 308 g/mol. The summed E-state index contributed by atoms with van der Waals surface area (Å²) in [5.74, 6) is -0.0186. The largest absolute Gasteiger partial charge is 0.480 e. The van der Waals surface area contributed by atoms with Crippen LogP contribution in [0, 0.1) is 0 Å². The summed E-state index contributed by atoms with van der Waals surface area (Å²) in [4.78, 5) is 17.7. The Balaban J connectivity index is 2.01. The van der Waals surface area contributed by atoms with Crippen LogP contribution >= 0.6 is 15.9 Å². The maximum Gasteiger partial charge on any atom is 0.326 e. The molecule has 1 unspecified atom stereocenters. The Morgan fingerprint density at radius 2 is 2.21 bits per heavy atom. The fraction of sp³-hybridized carbons (Fsp3) is 0.286. The van der Waals surface area contributed by atoms with Crippen molar-refractivity contribution < 1.29 is 9.90 Å². The van der Waals surface area contributed by atoms with Gasteiger partial charge in [0.05, 0.1) is 5.52 Å². The lowest BCUT2D eigenvalue weighted by Gasteiger charge is -2.22. The van der Waals surface area contributed by atoms with Gasteiger partial charge in [0.25, 0.3) is 0 Å². The van der Waals surface area contributed by atoms with Gasteiger partial charge in [-0.25, -0.2) is 9.78 Å². The summed E-state index contributed by atoms with van der Waals surface area (Å²) in [6, 6.07) is 9.33. The molecule has 0 saturated carbocycles. The molecule has 1 fully saturated rings. The maximum absolute atomic E-state index is 11.2. The second-order valence-corrected chi connectivity index (χ2v) is 5.61. The molecule has 1 saturated heterocycles. The molecule has 5 heteroatoms. The molecule has 0 spiro atoms. The first-order valence-corrected chi connectivity index (χ1v) is 7.00. The van der Waals surface area contributed by atoms with Crippen LogP contribution < -0.4 is 4.90 Å². The average Bonchev–Trinajstić information content (AvgIpc) is 2.87. The fourth-order valence-corrected chi connectivity index (χ4v) is 2.92.